The zero-order chi connectivity index (χ0) is 22.0. The lowest BCUT2D eigenvalue weighted by Crippen LogP contribution is -2.50. The molecule has 2 aliphatic heterocycles. The molecular weight excluding hydrogens is 480 g/mol. The van der Waals surface area contributed by atoms with Crippen LogP contribution in [0.3, 0.4) is 0 Å². The third-order valence-electron chi connectivity index (χ3n) is 5.01. The number of hydrogen-bond donors (Lipinski definition) is 1. The number of nitrogens with one attached hydrogen (secondary N) is 1. The second-order valence-corrected chi connectivity index (χ2v) is 8.95. The summed E-state index contributed by atoms with van der Waals surface area (Å²) in [4.78, 5) is 18.1. The number of para-hydroxylation sites is 1. The zero-order valence-corrected chi connectivity index (χ0v) is 19.9. The summed E-state index contributed by atoms with van der Waals surface area (Å²) in [6, 6.07) is 11.4. The topological polar surface area (TPSA) is 75.5 Å². The molecule has 0 spiro atoms. The molecule has 0 bridgehead atoms. The number of halogens is 1. The number of fused-ring (bicyclic) bond motifs is 2. The maximum atomic E-state index is 13.1. The number of hydrazone groups is 1. The van der Waals surface area contributed by atoms with Crippen LogP contribution in [-0.2, 0) is 4.79 Å². The summed E-state index contributed by atoms with van der Waals surface area (Å²) < 4.78 is 11.7. The van der Waals surface area contributed by atoms with Gasteiger partial charge in [0.05, 0.1) is 24.0 Å². The minimum atomic E-state index is -0.520. The molecule has 0 unspecified atom stereocenters. The fraction of sp³-hybridized carbons (Fsp3) is 0.318. The molecule has 1 N–H and O–H groups in total. The number of thioether (sulfide) groups is 1. The van der Waals surface area contributed by atoms with Gasteiger partial charge in [0.1, 0.15) is 5.70 Å². The van der Waals surface area contributed by atoms with Crippen LogP contribution in [0.25, 0.3) is 5.70 Å². The fourth-order valence-electron chi connectivity index (χ4n) is 3.51. The van der Waals surface area contributed by atoms with Gasteiger partial charge in [-0.25, -0.2) is 5.01 Å². The van der Waals surface area contributed by atoms with E-state index in [1.807, 2.05) is 36.4 Å². The van der Waals surface area contributed by atoms with E-state index in [0.29, 0.717) is 22.4 Å². The number of amides is 1. The van der Waals surface area contributed by atoms with Crippen LogP contribution in [0.15, 0.2) is 51.0 Å². The van der Waals surface area contributed by atoms with E-state index in [4.69, 9.17) is 19.6 Å². The molecule has 2 aromatic carbocycles. The van der Waals surface area contributed by atoms with Crippen molar-refractivity contribution < 1.29 is 14.3 Å². The van der Waals surface area contributed by atoms with Crippen LogP contribution < -0.4 is 25.4 Å². The van der Waals surface area contributed by atoms with E-state index >= 15 is 0 Å². The largest absolute Gasteiger partial charge is 0.493 e. The second kappa shape index (κ2) is 9.32. The van der Waals surface area contributed by atoms with E-state index < -0.39 is 6.17 Å². The summed E-state index contributed by atoms with van der Waals surface area (Å²) in [5, 5.41) is 11.5. The van der Waals surface area contributed by atoms with E-state index in [1.54, 1.807) is 31.0 Å². The van der Waals surface area contributed by atoms with Crippen molar-refractivity contribution in [3.63, 3.8) is 0 Å². The van der Waals surface area contributed by atoms with E-state index in [-0.39, 0.29) is 5.91 Å². The third kappa shape index (κ3) is 4.16. The minimum Gasteiger partial charge on any atom is -0.493 e. The van der Waals surface area contributed by atoms with Crippen LogP contribution in [0.5, 0.6) is 11.5 Å². The number of benzene rings is 2. The third-order valence-corrected chi connectivity index (χ3v) is 6.55. The lowest BCUT2D eigenvalue weighted by atomic mass is 10.1. The van der Waals surface area contributed by atoms with Crippen LogP contribution in [0.4, 0.5) is 0 Å². The van der Waals surface area contributed by atoms with Gasteiger partial charge in [-0.1, -0.05) is 43.3 Å². The predicted octanol–water partition coefficient (Wildman–Crippen LogP) is 3.14. The normalized spacial score (nSPS) is 17.2. The molecule has 2 heterocycles. The highest BCUT2D eigenvalue weighted by Gasteiger charge is 2.35. The summed E-state index contributed by atoms with van der Waals surface area (Å²) >= 11 is 5.10. The van der Waals surface area contributed by atoms with Gasteiger partial charge in [-0.2, -0.15) is 0 Å². The SMILES string of the molecule is CCCCSC1=NN2C(=c3ccccc3=N[C@H]2c2cc(Br)c(OC)c(OC)c2)C(=O)N1. The summed E-state index contributed by atoms with van der Waals surface area (Å²) in [6.45, 7) is 2.14. The molecule has 31 heavy (non-hydrogen) atoms. The second-order valence-electron chi connectivity index (χ2n) is 7.01. The predicted molar refractivity (Wildman–Crippen MR) is 125 cm³/mol. The molecule has 0 fully saturated rings. The van der Waals surface area contributed by atoms with Crippen LogP contribution >= 0.6 is 27.7 Å². The highest BCUT2D eigenvalue weighted by molar-refractivity contribution is 9.10. The molecule has 2 aliphatic rings. The minimum absolute atomic E-state index is 0.180. The molecule has 9 heteroatoms. The molecule has 0 aromatic heterocycles. The van der Waals surface area contributed by atoms with Gasteiger partial charge in [0.15, 0.2) is 22.8 Å². The van der Waals surface area contributed by atoms with Gasteiger partial charge in [-0.3, -0.25) is 15.1 Å². The summed E-state index contributed by atoms with van der Waals surface area (Å²) in [5.41, 5.74) is 1.31. The number of methoxy groups -OCH3 is 2. The number of nitrogens with zero attached hydrogens (tertiary/aromatic N) is 3. The highest BCUT2D eigenvalue weighted by Crippen LogP contribution is 2.40. The molecule has 162 valence electrons. The van der Waals surface area contributed by atoms with Gasteiger partial charge < -0.3 is 9.47 Å². The quantitative estimate of drug-likeness (QED) is 0.614. The number of carbonyl (C=O) groups excluding carboxylic acids is 1. The van der Waals surface area contributed by atoms with E-state index in [2.05, 4.69) is 28.2 Å². The van der Waals surface area contributed by atoms with Crippen LogP contribution in [-0.4, -0.2) is 36.1 Å². The van der Waals surface area contributed by atoms with E-state index in [1.165, 1.54) is 0 Å². The summed E-state index contributed by atoms with van der Waals surface area (Å²) in [6.07, 6.45) is 1.62. The van der Waals surface area contributed by atoms with Crippen molar-refractivity contribution in [1.82, 2.24) is 10.3 Å². The van der Waals surface area contributed by atoms with Crippen molar-refractivity contribution in [2.45, 2.75) is 25.9 Å². The number of unbranched alkanes of at least 4 members (excludes halogenated alkanes) is 1. The molecule has 4 rings (SSSR count). The van der Waals surface area contributed by atoms with Crippen LogP contribution in [0.2, 0.25) is 0 Å². The highest BCUT2D eigenvalue weighted by atomic mass is 79.9. The van der Waals surface area contributed by atoms with Crippen molar-refractivity contribution in [1.29, 1.82) is 0 Å². The molecule has 2 aromatic rings. The Kier molecular flexibility index (Phi) is 6.52. The van der Waals surface area contributed by atoms with E-state index in [0.717, 1.165) is 39.2 Å². The van der Waals surface area contributed by atoms with Crippen molar-refractivity contribution >= 4 is 44.5 Å². The first-order valence-electron chi connectivity index (χ1n) is 9.98. The summed E-state index contributed by atoms with van der Waals surface area (Å²) in [5.74, 6) is 1.88. The lowest BCUT2D eigenvalue weighted by Gasteiger charge is -2.34. The van der Waals surface area contributed by atoms with Gasteiger partial charge in [0.25, 0.3) is 5.91 Å². The number of rotatable bonds is 6. The van der Waals surface area contributed by atoms with Crippen LogP contribution in [0.1, 0.15) is 31.5 Å². The molecule has 0 radical (unpaired) electrons. The van der Waals surface area contributed by atoms with Crippen molar-refractivity contribution in [2.24, 2.45) is 10.1 Å². The Labute approximate surface area is 193 Å². The zero-order valence-electron chi connectivity index (χ0n) is 17.5. The number of carbonyl (C=O) groups is 1. The molecule has 1 atom stereocenters. The summed E-state index contributed by atoms with van der Waals surface area (Å²) in [7, 11) is 3.18. The Morgan fingerprint density at radius 2 is 2.03 bits per heavy atom. The maximum Gasteiger partial charge on any atom is 0.276 e. The van der Waals surface area contributed by atoms with Crippen molar-refractivity contribution in [3.8, 4) is 11.5 Å². The van der Waals surface area contributed by atoms with Crippen molar-refractivity contribution in [3.05, 3.63) is 57.0 Å². The average Bonchev–Trinajstić information content (AvgIpc) is 2.77. The van der Waals surface area contributed by atoms with Crippen LogP contribution in [0, 0.1) is 0 Å². The van der Waals surface area contributed by atoms with E-state index in [9.17, 15) is 4.79 Å². The first-order chi connectivity index (χ1) is 15.1. The number of amidine groups is 1. The average molecular weight is 503 g/mol. The van der Waals surface area contributed by atoms with Crippen molar-refractivity contribution in [2.75, 3.05) is 20.0 Å². The molecule has 7 nitrogen and oxygen atoms in total. The standard InChI is InChI=1S/C22H23BrN4O3S/c1-4-5-10-31-22-25-21(28)18-14-8-6-7-9-16(14)24-20(27(18)26-22)13-11-15(23)19(30-3)17(12-13)29-2/h6-9,11-12,20H,4-5,10H2,1-3H3,(H,25,26,28)/t20-/m1/s1. The Bertz CT molecular complexity index is 1170. The molecule has 1 amide bonds. The Morgan fingerprint density at radius 1 is 1.23 bits per heavy atom. The fourth-order valence-corrected chi connectivity index (χ4v) is 5.07. The monoisotopic (exact) mass is 502 g/mol. The Balaban J connectivity index is 1.87. The number of ether oxygens (including phenoxy) is 2. The number of hydrogen-bond acceptors (Lipinski definition) is 7. The smallest absolute Gasteiger partial charge is 0.276 e. The van der Waals surface area contributed by atoms with Gasteiger partial charge in [-0.05, 0) is 40.5 Å². The lowest BCUT2D eigenvalue weighted by molar-refractivity contribution is -0.116. The van der Waals surface area contributed by atoms with Gasteiger partial charge in [0, 0.05) is 16.5 Å². The maximum absolute atomic E-state index is 13.1. The molecule has 0 saturated carbocycles. The molecule has 0 aliphatic carbocycles. The molecular formula is C22H23BrN4O3S. The molecule has 0 saturated heterocycles. The first kappa shape index (κ1) is 21.7. The Morgan fingerprint density at radius 3 is 2.77 bits per heavy atom. The first-order valence-corrected chi connectivity index (χ1v) is 11.8. The Hall–Kier alpha value is -2.52. The van der Waals surface area contributed by atoms with Gasteiger partial charge in [0.2, 0.25) is 0 Å². The van der Waals surface area contributed by atoms with Gasteiger partial charge >= 0.3 is 0 Å². The van der Waals surface area contributed by atoms with Gasteiger partial charge in [-0.15, -0.1) is 5.10 Å².